The van der Waals surface area contributed by atoms with E-state index in [0.29, 0.717) is 55.4 Å². The van der Waals surface area contributed by atoms with Gasteiger partial charge in [0.1, 0.15) is 17.0 Å². The number of ether oxygens (including phenoxy) is 1. The van der Waals surface area contributed by atoms with Crippen molar-refractivity contribution in [3.8, 4) is 0 Å². The molecule has 0 spiro atoms. The number of anilines is 2. The molecule has 0 atom stereocenters. The second-order valence-corrected chi connectivity index (χ2v) is 5.38. The van der Waals surface area contributed by atoms with Crippen molar-refractivity contribution in [2.24, 2.45) is 5.73 Å². The lowest BCUT2D eigenvalue weighted by molar-refractivity contribution is 0.0996. The van der Waals surface area contributed by atoms with E-state index in [1.54, 1.807) is 0 Å². The van der Waals surface area contributed by atoms with Gasteiger partial charge in [-0.25, -0.2) is 4.98 Å². The number of carbonyl (C=O) groups excluding carboxylic acids is 1. The molecular weight excluding hydrogens is 298 g/mol. The Morgan fingerprint density at radius 3 is 2.70 bits per heavy atom. The van der Waals surface area contributed by atoms with Crippen molar-refractivity contribution in [3.63, 3.8) is 0 Å². The fraction of sp³-hybridized carbons (Fsp3) is 0.400. The first-order valence-electron chi connectivity index (χ1n) is 7.49. The second-order valence-electron chi connectivity index (χ2n) is 5.38. The summed E-state index contributed by atoms with van der Waals surface area (Å²) in [6, 6.07) is 1.53. The summed E-state index contributed by atoms with van der Waals surface area (Å²) in [4.78, 5) is 31.0. The number of nitrogen functional groups attached to an aromatic ring is 1. The minimum atomic E-state index is -0.747. The fourth-order valence-electron chi connectivity index (χ4n) is 2.95. The van der Waals surface area contributed by atoms with Gasteiger partial charge >= 0.3 is 0 Å². The molecule has 2 aromatic heterocycles. The molecule has 8 nitrogen and oxygen atoms in total. The maximum Gasteiger partial charge on any atom is 0.256 e. The highest BCUT2D eigenvalue weighted by molar-refractivity contribution is 6.01. The summed E-state index contributed by atoms with van der Waals surface area (Å²) in [6.45, 7) is 4.70. The summed E-state index contributed by atoms with van der Waals surface area (Å²) in [5, 5.41) is 0.303. The molecule has 1 aliphatic heterocycles. The molecule has 2 aromatic rings. The lowest BCUT2D eigenvalue weighted by Gasteiger charge is -2.32. The standard InChI is InChI=1S/C15H19N5O3/c1-2-20-14-10(7-9(16)8-18-14)12(21)11(13(17)22)15(20)19-3-5-23-6-4-19/h7-8H,2-6,16H2,1H3,(H2,17,22). The maximum absolute atomic E-state index is 12.8. The number of morpholine rings is 1. The number of primary amides is 1. The molecule has 0 aliphatic carbocycles. The molecule has 3 rings (SSSR count). The van der Waals surface area contributed by atoms with Crippen LogP contribution in [0, 0.1) is 0 Å². The number of fused-ring (bicyclic) bond motifs is 1. The molecule has 0 aromatic carbocycles. The Bertz CT molecular complexity index is 824. The van der Waals surface area contributed by atoms with Crippen LogP contribution in [0.25, 0.3) is 11.0 Å². The van der Waals surface area contributed by atoms with E-state index < -0.39 is 11.3 Å². The van der Waals surface area contributed by atoms with Crippen LogP contribution in [-0.2, 0) is 11.3 Å². The molecule has 8 heteroatoms. The smallest absolute Gasteiger partial charge is 0.256 e. The number of nitrogens with zero attached hydrogens (tertiary/aromatic N) is 3. The van der Waals surface area contributed by atoms with E-state index in [1.807, 2.05) is 16.4 Å². The Balaban J connectivity index is 2.40. The van der Waals surface area contributed by atoms with Crippen LogP contribution >= 0.6 is 0 Å². The number of carbonyl (C=O) groups is 1. The van der Waals surface area contributed by atoms with Crippen molar-refractivity contribution < 1.29 is 9.53 Å². The third-order valence-corrected chi connectivity index (χ3v) is 3.97. The molecule has 1 saturated heterocycles. The van der Waals surface area contributed by atoms with Gasteiger partial charge in [0.05, 0.1) is 30.5 Å². The first kappa shape index (κ1) is 15.3. The number of rotatable bonds is 3. The van der Waals surface area contributed by atoms with Crippen LogP contribution in [-0.4, -0.2) is 41.8 Å². The second kappa shape index (κ2) is 5.88. The Morgan fingerprint density at radius 2 is 2.09 bits per heavy atom. The van der Waals surface area contributed by atoms with Gasteiger partial charge in [0, 0.05) is 19.6 Å². The first-order chi connectivity index (χ1) is 11.0. The van der Waals surface area contributed by atoms with Crippen LogP contribution in [0.5, 0.6) is 0 Å². The van der Waals surface area contributed by atoms with Crippen LogP contribution in [0.4, 0.5) is 11.5 Å². The van der Waals surface area contributed by atoms with Gasteiger partial charge < -0.3 is 25.7 Å². The van der Waals surface area contributed by atoms with Crippen molar-refractivity contribution in [2.45, 2.75) is 13.5 Å². The minimum Gasteiger partial charge on any atom is -0.397 e. The molecule has 0 unspecified atom stereocenters. The largest absolute Gasteiger partial charge is 0.397 e. The summed E-state index contributed by atoms with van der Waals surface area (Å²) in [5.74, 6) is -0.235. The van der Waals surface area contributed by atoms with Crippen molar-refractivity contribution >= 4 is 28.4 Å². The summed E-state index contributed by atoms with van der Waals surface area (Å²) >= 11 is 0. The number of hydrogen-bond donors (Lipinski definition) is 2. The van der Waals surface area contributed by atoms with Gasteiger partial charge in [-0.3, -0.25) is 9.59 Å². The summed E-state index contributed by atoms with van der Waals surface area (Å²) in [6.07, 6.45) is 1.50. The minimum absolute atomic E-state index is 0.0198. The number of pyridine rings is 2. The Hall–Kier alpha value is -2.61. The van der Waals surface area contributed by atoms with Crippen LogP contribution < -0.4 is 21.8 Å². The number of aromatic nitrogens is 2. The van der Waals surface area contributed by atoms with Gasteiger partial charge in [-0.2, -0.15) is 0 Å². The van der Waals surface area contributed by atoms with E-state index in [1.165, 1.54) is 12.3 Å². The van der Waals surface area contributed by atoms with E-state index in [-0.39, 0.29) is 5.56 Å². The molecule has 1 amide bonds. The van der Waals surface area contributed by atoms with Gasteiger partial charge in [0.15, 0.2) is 0 Å². The average Bonchev–Trinajstić information content (AvgIpc) is 2.55. The molecule has 23 heavy (non-hydrogen) atoms. The summed E-state index contributed by atoms with van der Waals surface area (Å²) < 4.78 is 7.19. The molecule has 122 valence electrons. The van der Waals surface area contributed by atoms with Gasteiger partial charge in [-0.05, 0) is 13.0 Å². The maximum atomic E-state index is 12.8. The van der Waals surface area contributed by atoms with Gasteiger partial charge in [-0.1, -0.05) is 0 Å². The van der Waals surface area contributed by atoms with Crippen molar-refractivity contribution in [2.75, 3.05) is 36.9 Å². The van der Waals surface area contributed by atoms with E-state index in [4.69, 9.17) is 16.2 Å². The third kappa shape index (κ3) is 2.50. The van der Waals surface area contributed by atoms with Gasteiger partial charge in [0.2, 0.25) is 5.43 Å². The molecule has 0 radical (unpaired) electrons. The molecule has 3 heterocycles. The van der Waals surface area contributed by atoms with E-state index in [2.05, 4.69) is 4.98 Å². The SMILES string of the molecule is CCn1c(N2CCOCC2)c(C(N)=O)c(=O)c2cc(N)cnc21. The van der Waals surface area contributed by atoms with Crippen LogP contribution in [0.15, 0.2) is 17.1 Å². The quantitative estimate of drug-likeness (QED) is 0.819. The zero-order valence-corrected chi connectivity index (χ0v) is 12.9. The number of hydrogen-bond acceptors (Lipinski definition) is 6. The van der Waals surface area contributed by atoms with Crippen LogP contribution in [0.1, 0.15) is 17.3 Å². The normalized spacial score (nSPS) is 15.1. The van der Waals surface area contributed by atoms with Crippen molar-refractivity contribution in [3.05, 3.63) is 28.0 Å². The van der Waals surface area contributed by atoms with E-state index in [0.717, 1.165) is 0 Å². The zero-order valence-electron chi connectivity index (χ0n) is 12.9. The zero-order chi connectivity index (χ0) is 16.6. The van der Waals surface area contributed by atoms with E-state index >= 15 is 0 Å². The van der Waals surface area contributed by atoms with Crippen LogP contribution in [0.2, 0.25) is 0 Å². The fourth-order valence-corrected chi connectivity index (χ4v) is 2.95. The monoisotopic (exact) mass is 317 g/mol. The molecule has 0 bridgehead atoms. The highest BCUT2D eigenvalue weighted by Crippen LogP contribution is 2.25. The Morgan fingerprint density at radius 1 is 1.39 bits per heavy atom. The predicted octanol–water partition coefficient (Wildman–Crippen LogP) is -0.0659. The topological polar surface area (TPSA) is 116 Å². The number of aryl methyl sites for hydroxylation is 1. The molecule has 1 fully saturated rings. The van der Waals surface area contributed by atoms with Gasteiger partial charge in [0.25, 0.3) is 5.91 Å². The van der Waals surface area contributed by atoms with Gasteiger partial charge in [-0.15, -0.1) is 0 Å². The van der Waals surface area contributed by atoms with Crippen molar-refractivity contribution in [1.82, 2.24) is 9.55 Å². The van der Waals surface area contributed by atoms with Crippen molar-refractivity contribution in [1.29, 1.82) is 0 Å². The Labute approximate surface area is 132 Å². The number of amides is 1. The highest BCUT2D eigenvalue weighted by atomic mass is 16.5. The third-order valence-electron chi connectivity index (χ3n) is 3.97. The average molecular weight is 317 g/mol. The lowest BCUT2D eigenvalue weighted by Crippen LogP contribution is -2.41. The summed E-state index contributed by atoms with van der Waals surface area (Å²) in [7, 11) is 0. The Kier molecular flexibility index (Phi) is 3.91. The molecule has 0 saturated carbocycles. The molecular formula is C15H19N5O3. The molecule has 1 aliphatic rings. The lowest BCUT2D eigenvalue weighted by atomic mass is 10.1. The first-order valence-corrected chi connectivity index (χ1v) is 7.49. The predicted molar refractivity (Wildman–Crippen MR) is 87.6 cm³/mol. The molecule has 4 N–H and O–H groups in total. The highest BCUT2D eigenvalue weighted by Gasteiger charge is 2.26. The van der Waals surface area contributed by atoms with Crippen LogP contribution in [0.3, 0.4) is 0 Å². The van der Waals surface area contributed by atoms with E-state index in [9.17, 15) is 9.59 Å². The summed E-state index contributed by atoms with van der Waals surface area (Å²) in [5.41, 5.74) is 11.7. The number of nitrogens with two attached hydrogens (primary N) is 2.